The molecular formula is C18H16FN3O3S. The molecule has 0 spiro atoms. The normalized spacial score (nSPS) is 17.8. The van der Waals surface area contributed by atoms with Gasteiger partial charge in [-0.15, -0.1) is 0 Å². The summed E-state index contributed by atoms with van der Waals surface area (Å²) in [5, 5.41) is 5.15. The molecule has 2 aromatic rings. The molecule has 1 saturated heterocycles. The summed E-state index contributed by atoms with van der Waals surface area (Å²) in [6, 6.07) is 12.6. The number of amides is 2. The molecule has 0 saturated carbocycles. The molecule has 0 radical (unpaired) electrons. The zero-order valence-corrected chi connectivity index (χ0v) is 14.7. The number of amidine groups is 1. The number of benzene rings is 2. The molecule has 1 heterocycles. The minimum atomic E-state index is -0.580. The molecule has 0 unspecified atom stereocenters. The third-order valence-electron chi connectivity index (χ3n) is 3.58. The minimum Gasteiger partial charge on any atom is -0.494 e. The summed E-state index contributed by atoms with van der Waals surface area (Å²) >= 11 is 1.19. The van der Waals surface area contributed by atoms with Crippen molar-refractivity contribution in [1.29, 1.82) is 0 Å². The van der Waals surface area contributed by atoms with Gasteiger partial charge in [0, 0.05) is 12.1 Å². The number of hydrogen-bond acceptors (Lipinski definition) is 5. The molecule has 2 amide bonds. The van der Waals surface area contributed by atoms with E-state index in [1.54, 1.807) is 19.2 Å². The van der Waals surface area contributed by atoms with Gasteiger partial charge < -0.3 is 15.4 Å². The van der Waals surface area contributed by atoms with Crippen molar-refractivity contribution in [2.75, 3.05) is 12.4 Å². The number of nitrogens with one attached hydrogen (secondary N) is 2. The van der Waals surface area contributed by atoms with E-state index in [1.807, 2.05) is 12.1 Å². The fourth-order valence-corrected chi connectivity index (χ4v) is 3.32. The molecule has 134 valence electrons. The molecule has 8 heteroatoms. The zero-order valence-electron chi connectivity index (χ0n) is 13.9. The van der Waals surface area contributed by atoms with Gasteiger partial charge in [-0.2, -0.15) is 0 Å². The van der Waals surface area contributed by atoms with Crippen LogP contribution in [0.25, 0.3) is 0 Å². The molecule has 1 fully saturated rings. The Morgan fingerprint density at radius 3 is 2.73 bits per heavy atom. The minimum absolute atomic E-state index is 0.0151. The van der Waals surface area contributed by atoms with Crippen molar-refractivity contribution in [2.45, 2.75) is 11.7 Å². The molecular weight excluding hydrogens is 357 g/mol. The summed E-state index contributed by atoms with van der Waals surface area (Å²) in [7, 11) is 1.54. The van der Waals surface area contributed by atoms with Gasteiger partial charge in [-0.1, -0.05) is 23.9 Å². The van der Waals surface area contributed by atoms with Gasteiger partial charge in [0.1, 0.15) is 22.5 Å². The van der Waals surface area contributed by atoms with Crippen LogP contribution in [0.4, 0.5) is 15.8 Å². The highest BCUT2D eigenvalue weighted by Crippen LogP contribution is 2.30. The van der Waals surface area contributed by atoms with Gasteiger partial charge in [-0.25, -0.2) is 9.38 Å². The van der Waals surface area contributed by atoms with Crippen LogP contribution < -0.4 is 15.4 Å². The van der Waals surface area contributed by atoms with Crippen LogP contribution in [0.2, 0.25) is 0 Å². The monoisotopic (exact) mass is 373 g/mol. The van der Waals surface area contributed by atoms with Crippen LogP contribution in [-0.2, 0) is 9.59 Å². The Hall–Kier alpha value is -2.87. The quantitative estimate of drug-likeness (QED) is 0.844. The predicted molar refractivity (Wildman–Crippen MR) is 99.3 cm³/mol. The number of carbonyl (C=O) groups excluding carboxylic acids is 2. The average Bonchev–Trinajstić information content (AvgIpc) is 2.96. The summed E-state index contributed by atoms with van der Waals surface area (Å²) in [4.78, 5) is 28.6. The van der Waals surface area contributed by atoms with Crippen molar-refractivity contribution in [3.05, 3.63) is 54.3 Å². The number of ether oxygens (including phenoxy) is 1. The molecule has 0 aromatic heterocycles. The van der Waals surface area contributed by atoms with Crippen molar-refractivity contribution >= 4 is 40.1 Å². The topological polar surface area (TPSA) is 79.8 Å². The number of halogens is 1. The summed E-state index contributed by atoms with van der Waals surface area (Å²) in [5.74, 6) is -0.404. The first-order valence-corrected chi connectivity index (χ1v) is 8.68. The predicted octanol–water partition coefficient (Wildman–Crippen LogP) is 3.08. The lowest BCUT2D eigenvalue weighted by Gasteiger charge is -2.07. The number of aliphatic imine (C=N–C) groups is 1. The number of anilines is 1. The van der Waals surface area contributed by atoms with Crippen LogP contribution in [-0.4, -0.2) is 29.3 Å². The first kappa shape index (κ1) is 17.9. The van der Waals surface area contributed by atoms with Crippen LogP contribution in [0.3, 0.4) is 0 Å². The number of hydrogen-bond donors (Lipinski definition) is 2. The smallest absolute Gasteiger partial charge is 0.240 e. The third-order valence-corrected chi connectivity index (χ3v) is 4.66. The number of methoxy groups -OCH3 is 1. The second-order valence-electron chi connectivity index (χ2n) is 5.44. The van der Waals surface area contributed by atoms with E-state index in [2.05, 4.69) is 15.6 Å². The Morgan fingerprint density at radius 2 is 2.00 bits per heavy atom. The number of rotatable bonds is 5. The summed E-state index contributed by atoms with van der Waals surface area (Å²) in [6.45, 7) is 0. The molecule has 1 atom stereocenters. The lowest BCUT2D eigenvalue weighted by atomic mass is 10.2. The molecule has 2 aromatic carbocycles. The fourth-order valence-electron chi connectivity index (χ4n) is 2.34. The number of para-hydroxylation sites is 2. The fraction of sp³-hybridized carbons (Fsp3) is 0.167. The standard InChI is InChI=1S/C18H16FN3O3S/c1-25-14-5-3-2-4-13(14)21-18-22-17(24)15(26-18)10-16(23)20-12-8-6-11(19)7-9-12/h2-9,15H,10H2,1H3,(H,20,23)(H,21,22,24)/t15-/m1/s1. The van der Waals surface area contributed by atoms with Gasteiger partial charge in [-0.3, -0.25) is 9.59 Å². The first-order chi connectivity index (χ1) is 12.5. The van der Waals surface area contributed by atoms with Gasteiger partial charge in [0.15, 0.2) is 5.17 Å². The van der Waals surface area contributed by atoms with Crippen molar-refractivity contribution < 1.29 is 18.7 Å². The maximum Gasteiger partial charge on any atom is 0.240 e. The van der Waals surface area contributed by atoms with Crippen molar-refractivity contribution in [3.8, 4) is 5.75 Å². The Kier molecular flexibility index (Phi) is 5.52. The third kappa shape index (κ3) is 4.40. The Balaban J connectivity index is 1.63. The number of carbonyl (C=O) groups is 2. The highest BCUT2D eigenvalue weighted by molar-refractivity contribution is 8.15. The van der Waals surface area contributed by atoms with Crippen LogP contribution in [0.15, 0.2) is 53.5 Å². The van der Waals surface area contributed by atoms with E-state index in [1.165, 1.54) is 36.0 Å². The summed E-state index contributed by atoms with van der Waals surface area (Å²) in [6.07, 6.45) is -0.0151. The highest BCUT2D eigenvalue weighted by atomic mass is 32.2. The molecule has 0 bridgehead atoms. The van der Waals surface area contributed by atoms with Crippen LogP contribution in [0.5, 0.6) is 5.75 Å². The van der Waals surface area contributed by atoms with Gasteiger partial charge in [-0.05, 0) is 36.4 Å². The molecule has 3 rings (SSSR count). The SMILES string of the molecule is COc1ccccc1N=C1NC(=O)[C@@H](CC(=O)Nc2ccc(F)cc2)S1. The molecule has 0 aliphatic carbocycles. The van der Waals surface area contributed by atoms with Crippen LogP contribution in [0, 0.1) is 5.82 Å². The van der Waals surface area contributed by atoms with Gasteiger partial charge in [0.2, 0.25) is 11.8 Å². The molecule has 6 nitrogen and oxygen atoms in total. The van der Waals surface area contributed by atoms with E-state index in [0.717, 1.165) is 0 Å². The van der Waals surface area contributed by atoms with E-state index in [9.17, 15) is 14.0 Å². The Bertz CT molecular complexity index is 855. The maximum atomic E-state index is 12.9. The van der Waals surface area contributed by atoms with E-state index >= 15 is 0 Å². The van der Waals surface area contributed by atoms with E-state index in [-0.39, 0.29) is 24.1 Å². The molecule has 1 aliphatic heterocycles. The van der Waals surface area contributed by atoms with Gasteiger partial charge >= 0.3 is 0 Å². The molecule has 26 heavy (non-hydrogen) atoms. The van der Waals surface area contributed by atoms with Gasteiger partial charge in [0.05, 0.1) is 7.11 Å². The van der Waals surface area contributed by atoms with E-state index in [4.69, 9.17) is 4.74 Å². The van der Waals surface area contributed by atoms with Crippen LogP contribution in [0.1, 0.15) is 6.42 Å². The Labute approximate surface area is 153 Å². The highest BCUT2D eigenvalue weighted by Gasteiger charge is 2.32. The van der Waals surface area contributed by atoms with Crippen molar-refractivity contribution in [1.82, 2.24) is 5.32 Å². The lowest BCUT2D eigenvalue weighted by molar-refractivity contribution is -0.122. The van der Waals surface area contributed by atoms with Gasteiger partial charge in [0.25, 0.3) is 0 Å². The second kappa shape index (κ2) is 8.01. The van der Waals surface area contributed by atoms with Crippen molar-refractivity contribution in [3.63, 3.8) is 0 Å². The van der Waals surface area contributed by atoms with Crippen LogP contribution >= 0.6 is 11.8 Å². The number of thioether (sulfide) groups is 1. The summed E-state index contributed by atoms with van der Waals surface area (Å²) in [5.41, 5.74) is 1.07. The first-order valence-electron chi connectivity index (χ1n) is 7.80. The number of nitrogens with zero attached hydrogens (tertiary/aromatic N) is 1. The second-order valence-corrected chi connectivity index (χ2v) is 6.64. The molecule has 2 N–H and O–H groups in total. The largest absolute Gasteiger partial charge is 0.494 e. The maximum absolute atomic E-state index is 12.9. The summed E-state index contributed by atoms with van der Waals surface area (Å²) < 4.78 is 18.1. The Morgan fingerprint density at radius 1 is 1.27 bits per heavy atom. The zero-order chi connectivity index (χ0) is 18.5. The van der Waals surface area contributed by atoms with Crippen molar-refractivity contribution in [2.24, 2.45) is 4.99 Å². The lowest BCUT2D eigenvalue weighted by Crippen LogP contribution is -2.28. The van der Waals surface area contributed by atoms with E-state index in [0.29, 0.717) is 22.3 Å². The molecule has 1 aliphatic rings. The van der Waals surface area contributed by atoms with E-state index < -0.39 is 5.25 Å². The average molecular weight is 373 g/mol.